The van der Waals surface area contributed by atoms with E-state index in [-0.39, 0.29) is 35.3 Å². The number of carbonyl (C=O) groups is 2. The predicted octanol–water partition coefficient (Wildman–Crippen LogP) is 3.91. The van der Waals surface area contributed by atoms with Crippen LogP contribution in [0.25, 0.3) is 0 Å². The molecule has 0 radical (unpaired) electrons. The smallest absolute Gasteiger partial charge is 0.306 e. The van der Waals surface area contributed by atoms with Crippen LogP contribution in [-0.4, -0.2) is 33.1 Å². The minimum Gasteiger partial charge on any atom is -0.306 e. The average molecular weight is 433 g/mol. The summed E-state index contributed by atoms with van der Waals surface area (Å²) in [5.74, 6) is -1.73. The Morgan fingerprint density at radius 1 is 1.13 bits per heavy atom. The van der Waals surface area contributed by atoms with Crippen molar-refractivity contribution in [3.63, 3.8) is 0 Å². The highest BCUT2D eigenvalue weighted by Crippen LogP contribution is 2.32. The van der Waals surface area contributed by atoms with Gasteiger partial charge in [-0.15, -0.1) is 0 Å². The molecule has 0 spiro atoms. The van der Waals surface area contributed by atoms with Crippen molar-refractivity contribution >= 4 is 23.3 Å². The zero-order chi connectivity index (χ0) is 22.3. The van der Waals surface area contributed by atoms with Gasteiger partial charge in [0.2, 0.25) is 0 Å². The molecule has 0 saturated carbocycles. The number of aromatic nitrogens is 3. The van der Waals surface area contributed by atoms with Gasteiger partial charge < -0.3 is 10.2 Å². The summed E-state index contributed by atoms with van der Waals surface area (Å²) in [7, 11) is 0. The lowest BCUT2D eigenvalue weighted by Gasteiger charge is -2.32. The van der Waals surface area contributed by atoms with Crippen molar-refractivity contribution < 1.29 is 27.2 Å². The first kappa shape index (κ1) is 20.5. The van der Waals surface area contributed by atoms with Crippen molar-refractivity contribution in [3.05, 3.63) is 71.4 Å². The molecule has 0 bridgehead atoms. The van der Waals surface area contributed by atoms with Crippen molar-refractivity contribution in [1.82, 2.24) is 14.8 Å². The van der Waals surface area contributed by atoms with Gasteiger partial charge in [-0.3, -0.25) is 14.3 Å². The van der Waals surface area contributed by atoms with Gasteiger partial charge in [0.25, 0.3) is 11.8 Å². The van der Waals surface area contributed by atoms with E-state index in [1.165, 1.54) is 34.0 Å². The summed E-state index contributed by atoms with van der Waals surface area (Å²) >= 11 is 0. The second-order valence-corrected chi connectivity index (χ2v) is 6.98. The molecule has 1 aliphatic heterocycles. The first-order chi connectivity index (χ1) is 14.6. The molecule has 31 heavy (non-hydrogen) atoms. The van der Waals surface area contributed by atoms with E-state index in [1.54, 1.807) is 6.92 Å². The molecule has 0 fully saturated rings. The van der Waals surface area contributed by atoms with Crippen molar-refractivity contribution in [2.24, 2.45) is 0 Å². The number of fused-ring (bicyclic) bond motifs is 1. The van der Waals surface area contributed by atoms with Crippen molar-refractivity contribution in [3.8, 4) is 0 Å². The van der Waals surface area contributed by atoms with Gasteiger partial charge in [0.05, 0.1) is 29.6 Å². The van der Waals surface area contributed by atoms with Crippen molar-refractivity contribution in [1.29, 1.82) is 0 Å². The summed E-state index contributed by atoms with van der Waals surface area (Å²) in [5.41, 5.74) is -0.590. The Morgan fingerprint density at radius 3 is 2.45 bits per heavy atom. The Bertz CT molecular complexity index is 1140. The monoisotopic (exact) mass is 433 g/mol. The molecule has 3 heterocycles. The zero-order valence-electron chi connectivity index (χ0n) is 16.0. The largest absolute Gasteiger partial charge is 0.416 e. The van der Waals surface area contributed by atoms with Gasteiger partial charge in [-0.2, -0.15) is 18.3 Å². The Labute approximate surface area is 173 Å². The molecule has 3 aromatic rings. The number of anilines is 2. The van der Waals surface area contributed by atoms with Gasteiger partial charge in [0, 0.05) is 12.2 Å². The molecule has 0 saturated heterocycles. The maximum atomic E-state index is 13.1. The van der Waals surface area contributed by atoms with E-state index in [0.29, 0.717) is 0 Å². The fraction of sp³-hybridized carbons (Fsp3) is 0.200. The minimum atomic E-state index is -4.49. The third-order valence-electron chi connectivity index (χ3n) is 4.83. The molecule has 1 atom stereocenters. The highest BCUT2D eigenvalue weighted by Gasteiger charge is 2.36. The molecule has 11 heteroatoms. The van der Waals surface area contributed by atoms with Crippen LogP contribution in [0.15, 0.2) is 48.8 Å². The van der Waals surface area contributed by atoms with Gasteiger partial charge in [-0.05, 0) is 43.3 Å². The molecule has 160 valence electrons. The summed E-state index contributed by atoms with van der Waals surface area (Å²) in [6, 6.07) is 6.27. The first-order valence-electron chi connectivity index (χ1n) is 9.14. The zero-order valence-corrected chi connectivity index (χ0v) is 16.0. The second kappa shape index (κ2) is 7.49. The Hall–Kier alpha value is -3.76. The van der Waals surface area contributed by atoms with Crippen LogP contribution in [0.1, 0.15) is 39.4 Å². The van der Waals surface area contributed by atoms with E-state index in [2.05, 4.69) is 15.4 Å². The molecule has 2 amide bonds. The van der Waals surface area contributed by atoms with Crippen molar-refractivity contribution in [2.45, 2.75) is 19.1 Å². The lowest BCUT2D eigenvalue weighted by atomic mass is 10.1. The Balaban J connectivity index is 1.64. The molecule has 2 aromatic heterocycles. The normalized spacial score (nSPS) is 16.2. The van der Waals surface area contributed by atoms with Gasteiger partial charge in [0.1, 0.15) is 17.3 Å². The van der Waals surface area contributed by atoms with Crippen LogP contribution in [0.2, 0.25) is 0 Å². The third-order valence-corrected chi connectivity index (χ3v) is 4.83. The number of hydrogen-bond donors (Lipinski definition) is 1. The number of rotatable bonds is 3. The van der Waals surface area contributed by atoms with Crippen molar-refractivity contribution in [2.75, 3.05) is 16.8 Å². The van der Waals surface area contributed by atoms with Crippen LogP contribution in [0.5, 0.6) is 0 Å². The van der Waals surface area contributed by atoms with Gasteiger partial charge in [0.15, 0.2) is 0 Å². The highest BCUT2D eigenvalue weighted by atomic mass is 19.4. The van der Waals surface area contributed by atoms with Crippen LogP contribution in [0.4, 0.5) is 29.1 Å². The number of amides is 2. The number of hydrogen-bond acceptors (Lipinski definition) is 4. The summed E-state index contributed by atoms with van der Waals surface area (Å²) in [4.78, 5) is 30.9. The summed E-state index contributed by atoms with van der Waals surface area (Å²) < 4.78 is 52.9. The molecule has 1 aliphatic rings. The van der Waals surface area contributed by atoms with Crippen LogP contribution < -0.4 is 10.2 Å². The van der Waals surface area contributed by atoms with Crippen LogP contribution in [0, 0.1) is 5.82 Å². The maximum Gasteiger partial charge on any atom is 0.416 e. The molecule has 1 unspecified atom stereocenters. The van der Waals surface area contributed by atoms with E-state index in [9.17, 15) is 27.2 Å². The lowest BCUT2D eigenvalue weighted by Crippen LogP contribution is -2.43. The fourth-order valence-corrected chi connectivity index (χ4v) is 3.31. The average Bonchev–Trinajstić information content (AvgIpc) is 3.18. The number of pyridine rings is 1. The van der Waals surface area contributed by atoms with E-state index < -0.39 is 29.4 Å². The molecule has 4 rings (SSSR count). The lowest BCUT2D eigenvalue weighted by molar-refractivity contribution is -0.137. The standard InChI is InChI=1S/C20H15F4N5O2/c1-11-10-28(14-5-2-12(3-6-14)20(22,23)24)19(31)17-15(9-26-29(11)17)18(30)27-16-7-4-13(21)8-25-16/h2-9,11H,10H2,1H3,(H,25,27,30). The molecule has 1 N–H and O–H groups in total. The van der Waals surface area contributed by atoms with E-state index >= 15 is 0 Å². The SMILES string of the molecule is CC1CN(c2ccc(C(F)(F)F)cc2)C(=O)c2c(C(=O)Nc3ccc(F)cn3)cnn21. The van der Waals surface area contributed by atoms with E-state index in [4.69, 9.17) is 0 Å². The van der Waals surface area contributed by atoms with Gasteiger partial charge in [-0.1, -0.05) is 0 Å². The topological polar surface area (TPSA) is 80.1 Å². The molecule has 7 nitrogen and oxygen atoms in total. The van der Waals surface area contributed by atoms with E-state index in [0.717, 1.165) is 24.4 Å². The first-order valence-corrected chi connectivity index (χ1v) is 9.14. The number of nitrogens with zero attached hydrogens (tertiary/aromatic N) is 4. The summed E-state index contributed by atoms with van der Waals surface area (Å²) in [6.07, 6.45) is -2.32. The third kappa shape index (κ3) is 3.86. The van der Waals surface area contributed by atoms with Crippen LogP contribution >= 0.6 is 0 Å². The number of nitrogens with one attached hydrogen (secondary N) is 1. The quantitative estimate of drug-likeness (QED) is 0.636. The van der Waals surface area contributed by atoms with E-state index in [1.807, 2.05) is 0 Å². The summed E-state index contributed by atoms with van der Waals surface area (Å²) in [5, 5.41) is 6.59. The Morgan fingerprint density at radius 2 is 1.84 bits per heavy atom. The Kier molecular flexibility index (Phi) is 4.96. The van der Waals surface area contributed by atoms with Gasteiger partial charge in [-0.25, -0.2) is 9.37 Å². The predicted molar refractivity (Wildman–Crippen MR) is 102 cm³/mol. The van der Waals surface area contributed by atoms with Gasteiger partial charge >= 0.3 is 6.18 Å². The number of carbonyl (C=O) groups excluding carboxylic acids is 2. The van der Waals surface area contributed by atoms with Crippen LogP contribution in [0.3, 0.4) is 0 Å². The number of alkyl halides is 3. The second-order valence-electron chi connectivity index (χ2n) is 6.98. The van der Waals surface area contributed by atoms with Crippen LogP contribution in [-0.2, 0) is 6.18 Å². The molecular weight excluding hydrogens is 418 g/mol. The number of halogens is 4. The number of benzene rings is 1. The molecule has 0 aliphatic carbocycles. The summed E-state index contributed by atoms with van der Waals surface area (Å²) in [6.45, 7) is 1.93. The molecular formula is C20H15F4N5O2. The fourth-order valence-electron chi connectivity index (χ4n) is 3.31. The maximum absolute atomic E-state index is 13.1. The molecule has 1 aromatic carbocycles. The highest BCUT2D eigenvalue weighted by molar-refractivity contribution is 6.15. The minimum absolute atomic E-state index is 0.00161.